The second-order valence-electron chi connectivity index (χ2n) is 6.52. The molecule has 0 saturated carbocycles. The van der Waals surface area contributed by atoms with Crippen molar-refractivity contribution >= 4 is 46.9 Å². The Hall–Kier alpha value is -4.11. The molecule has 2 N–H and O–H groups in total. The van der Waals surface area contributed by atoms with Gasteiger partial charge < -0.3 is 9.52 Å². The Bertz CT molecular complexity index is 1260. The van der Waals surface area contributed by atoms with Crippen LogP contribution in [0.3, 0.4) is 0 Å². The lowest BCUT2D eigenvalue weighted by atomic mass is 10.1. The Morgan fingerprint density at radius 1 is 1.10 bits per heavy atom. The second-order valence-corrected chi connectivity index (χ2v) is 6.91. The lowest BCUT2D eigenvalue weighted by Crippen LogP contribution is -2.54. The molecular weight excluding hydrogens is 423 g/mol. The summed E-state index contributed by atoms with van der Waals surface area (Å²) in [5.41, 5.74) is 0.547. The number of anilines is 1. The maximum atomic E-state index is 13.1. The Labute approximate surface area is 180 Å². The summed E-state index contributed by atoms with van der Waals surface area (Å²) >= 11 is 5.11. The SMILES string of the molecule is O=C1NC(=S)N(c2cccc(C(=O)O)c2)C(=O)C1=Cc1ccc(-c2ccc(F)cc2)o1. The number of carboxylic acid groups (broad SMARTS) is 1. The number of benzene rings is 2. The summed E-state index contributed by atoms with van der Waals surface area (Å²) in [5.74, 6) is -2.33. The highest BCUT2D eigenvalue weighted by Gasteiger charge is 2.35. The zero-order valence-electron chi connectivity index (χ0n) is 15.7. The van der Waals surface area contributed by atoms with E-state index in [9.17, 15) is 23.9 Å². The average molecular weight is 436 g/mol. The summed E-state index contributed by atoms with van der Waals surface area (Å²) in [6.07, 6.45) is 1.26. The van der Waals surface area contributed by atoms with Crippen LogP contribution in [0.4, 0.5) is 10.1 Å². The number of nitrogens with one attached hydrogen (secondary N) is 1. The van der Waals surface area contributed by atoms with E-state index in [1.165, 1.54) is 42.5 Å². The van der Waals surface area contributed by atoms with Gasteiger partial charge in [0, 0.05) is 5.56 Å². The number of thiocarbonyl (C=S) groups is 1. The van der Waals surface area contributed by atoms with Gasteiger partial charge in [-0.25, -0.2) is 9.18 Å². The number of amides is 2. The van der Waals surface area contributed by atoms with Crippen LogP contribution < -0.4 is 10.2 Å². The molecule has 0 unspecified atom stereocenters. The fourth-order valence-corrected chi connectivity index (χ4v) is 3.29. The molecule has 4 rings (SSSR count). The quantitative estimate of drug-likeness (QED) is 0.368. The van der Waals surface area contributed by atoms with Gasteiger partial charge >= 0.3 is 5.97 Å². The first-order valence-electron chi connectivity index (χ1n) is 8.94. The van der Waals surface area contributed by atoms with Crippen molar-refractivity contribution in [2.24, 2.45) is 0 Å². The van der Waals surface area contributed by atoms with Gasteiger partial charge in [0.15, 0.2) is 5.11 Å². The number of carbonyl (C=O) groups is 3. The highest BCUT2D eigenvalue weighted by molar-refractivity contribution is 7.80. The fraction of sp³-hybridized carbons (Fsp3) is 0. The van der Waals surface area contributed by atoms with Crippen LogP contribution in [0.5, 0.6) is 0 Å². The minimum absolute atomic E-state index is 0.0366. The van der Waals surface area contributed by atoms with Crippen molar-refractivity contribution in [2.45, 2.75) is 0 Å². The van der Waals surface area contributed by atoms with Crippen LogP contribution in [0.15, 0.2) is 70.7 Å². The molecule has 0 atom stereocenters. The molecule has 2 amide bonds. The van der Waals surface area contributed by atoms with Gasteiger partial charge in [-0.2, -0.15) is 0 Å². The van der Waals surface area contributed by atoms with Crippen molar-refractivity contribution in [1.82, 2.24) is 5.32 Å². The minimum atomic E-state index is -1.17. The second kappa shape index (κ2) is 7.96. The van der Waals surface area contributed by atoms with E-state index in [0.717, 1.165) is 4.90 Å². The predicted molar refractivity (Wildman–Crippen MR) is 114 cm³/mol. The first kappa shape index (κ1) is 20.2. The van der Waals surface area contributed by atoms with E-state index in [4.69, 9.17) is 16.6 Å². The molecule has 9 heteroatoms. The zero-order chi connectivity index (χ0) is 22.1. The molecule has 0 radical (unpaired) electrons. The van der Waals surface area contributed by atoms with Gasteiger partial charge in [0.2, 0.25) is 0 Å². The molecule has 31 heavy (non-hydrogen) atoms. The number of carboxylic acids is 1. The van der Waals surface area contributed by atoms with Gasteiger partial charge in [-0.15, -0.1) is 0 Å². The summed E-state index contributed by atoms with van der Waals surface area (Å²) in [5, 5.41) is 11.4. The van der Waals surface area contributed by atoms with E-state index < -0.39 is 17.8 Å². The van der Waals surface area contributed by atoms with E-state index in [2.05, 4.69) is 5.32 Å². The molecule has 7 nitrogen and oxygen atoms in total. The average Bonchev–Trinajstić information content (AvgIpc) is 3.20. The molecule has 1 aliphatic rings. The highest BCUT2D eigenvalue weighted by Crippen LogP contribution is 2.26. The van der Waals surface area contributed by atoms with Crippen molar-refractivity contribution in [3.8, 4) is 11.3 Å². The number of carbonyl (C=O) groups excluding carboxylic acids is 2. The molecule has 1 aromatic heterocycles. The van der Waals surface area contributed by atoms with Gasteiger partial charge in [-0.3, -0.25) is 19.8 Å². The lowest BCUT2D eigenvalue weighted by molar-refractivity contribution is -0.122. The van der Waals surface area contributed by atoms with Gasteiger partial charge in [-0.1, -0.05) is 6.07 Å². The number of rotatable bonds is 4. The van der Waals surface area contributed by atoms with E-state index in [-0.39, 0.29) is 33.5 Å². The molecule has 1 aliphatic heterocycles. The Morgan fingerprint density at radius 2 is 1.84 bits per heavy atom. The van der Waals surface area contributed by atoms with Crippen LogP contribution in [0, 0.1) is 5.82 Å². The van der Waals surface area contributed by atoms with Crippen molar-refractivity contribution in [2.75, 3.05) is 4.90 Å². The normalized spacial score (nSPS) is 15.3. The van der Waals surface area contributed by atoms with Crippen LogP contribution in [-0.4, -0.2) is 28.0 Å². The number of nitrogens with zero attached hydrogens (tertiary/aromatic N) is 1. The van der Waals surface area contributed by atoms with Crippen molar-refractivity contribution < 1.29 is 28.3 Å². The van der Waals surface area contributed by atoms with E-state index in [1.54, 1.807) is 24.3 Å². The van der Waals surface area contributed by atoms with Gasteiger partial charge in [0.05, 0.1) is 11.3 Å². The largest absolute Gasteiger partial charge is 0.478 e. The summed E-state index contributed by atoms with van der Waals surface area (Å²) in [7, 11) is 0. The molecule has 1 saturated heterocycles. The Morgan fingerprint density at radius 3 is 2.55 bits per heavy atom. The first-order valence-corrected chi connectivity index (χ1v) is 9.35. The molecule has 1 fully saturated rings. The third-order valence-electron chi connectivity index (χ3n) is 4.50. The van der Waals surface area contributed by atoms with Crippen LogP contribution in [-0.2, 0) is 9.59 Å². The van der Waals surface area contributed by atoms with Crippen molar-refractivity contribution in [3.63, 3.8) is 0 Å². The van der Waals surface area contributed by atoms with Crippen LogP contribution in [0.25, 0.3) is 17.4 Å². The topological polar surface area (TPSA) is 99.9 Å². The zero-order valence-corrected chi connectivity index (χ0v) is 16.5. The summed E-state index contributed by atoms with van der Waals surface area (Å²) in [4.78, 5) is 37.7. The standard InChI is InChI=1S/C22H13FN2O5S/c23-14-6-4-12(5-7-14)18-9-8-16(30-18)11-17-19(26)24-22(31)25(20(17)27)15-3-1-2-13(10-15)21(28)29/h1-11H,(H,28,29)(H,24,26,31). The molecule has 154 valence electrons. The maximum absolute atomic E-state index is 13.1. The number of hydrogen-bond donors (Lipinski definition) is 2. The summed E-state index contributed by atoms with van der Waals surface area (Å²) < 4.78 is 18.8. The molecule has 0 spiro atoms. The molecule has 0 aliphatic carbocycles. The number of furan rings is 1. The molecule has 2 heterocycles. The van der Waals surface area contributed by atoms with Gasteiger partial charge in [-0.05, 0) is 72.9 Å². The van der Waals surface area contributed by atoms with E-state index >= 15 is 0 Å². The third-order valence-corrected chi connectivity index (χ3v) is 4.78. The first-order chi connectivity index (χ1) is 14.8. The molecular formula is C22H13FN2O5S. The Kier molecular flexibility index (Phi) is 5.18. The number of halogens is 1. The van der Waals surface area contributed by atoms with E-state index in [0.29, 0.717) is 11.3 Å². The maximum Gasteiger partial charge on any atom is 0.335 e. The number of hydrogen-bond acceptors (Lipinski definition) is 5. The van der Waals surface area contributed by atoms with Gasteiger partial charge in [0.25, 0.3) is 11.8 Å². The lowest BCUT2D eigenvalue weighted by Gasteiger charge is -2.28. The molecule has 2 aromatic carbocycles. The summed E-state index contributed by atoms with van der Waals surface area (Å²) in [6.45, 7) is 0. The highest BCUT2D eigenvalue weighted by atomic mass is 32.1. The third kappa shape index (κ3) is 3.99. The Balaban J connectivity index is 1.67. The van der Waals surface area contributed by atoms with Crippen LogP contribution in [0.1, 0.15) is 16.1 Å². The van der Waals surface area contributed by atoms with Gasteiger partial charge in [0.1, 0.15) is 22.9 Å². The van der Waals surface area contributed by atoms with Crippen LogP contribution >= 0.6 is 12.2 Å². The smallest absolute Gasteiger partial charge is 0.335 e. The van der Waals surface area contributed by atoms with Crippen LogP contribution in [0.2, 0.25) is 0 Å². The van der Waals surface area contributed by atoms with E-state index in [1.807, 2.05) is 0 Å². The molecule has 0 bridgehead atoms. The monoisotopic (exact) mass is 436 g/mol. The fourth-order valence-electron chi connectivity index (χ4n) is 3.01. The van der Waals surface area contributed by atoms with Crippen molar-refractivity contribution in [1.29, 1.82) is 0 Å². The predicted octanol–water partition coefficient (Wildman–Crippen LogP) is 3.62. The summed E-state index contributed by atoms with van der Waals surface area (Å²) in [6, 6.07) is 14.5. The van der Waals surface area contributed by atoms with Crippen molar-refractivity contribution in [3.05, 3.63) is 83.4 Å². The number of aromatic carboxylic acids is 1. The minimum Gasteiger partial charge on any atom is -0.478 e. The molecule has 3 aromatic rings.